The largest absolute Gasteiger partial charge is 0.478 e. The highest BCUT2D eigenvalue weighted by Gasteiger charge is 2.19. The highest BCUT2D eigenvalue weighted by molar-refractivity contribution is 5.87. The molecule has 1 aliphatic rings. The molecule has 0 spiro atoms. The molecule has 4 rings (SSSR count). The molecule has 1 saturated heterocycles. The molecule has 132 valence electrons. The Labute approximate surface area is 151 Å². The van der Waals surface area contributed by atoms with Crippen LogP contribution < -0.4 is 10.2 Å². The van der Waals surface area contributed by atoms with Crippen LogP contribution in [0.3, 0.4) is 0 Å². The fourth-order valence-corrected chi connectivity index (χ4v) is 3.26. The number of aromatic nitrogens is 2. The topological polar surface area (TPSA) is 78.3 Å². The van der Waals surface area contributed by atoms with Gasteiger partial charge in [0.2, 0.25) is 0 Å². The Balaban J connectivity index is 1.65. The van der Waals surface area contributed by atoms with E-state index in [9.17, 15) is 4.79 Å². The molecule has 1 aromatic heterocycles. The van der Waals surface area contributed by atoms with E-state index in [1.165, 1.54) is 0 Å². The van der Waals surface area contributed by atoms with Crippen LogP contribution in [0.1, 0.15) is 28.8 Å². The fraction of sp³-hybridized carbons (Fsp3) is 0.250. The highest BCUT2D eigenvalue weighted by atomic mass is 16.4. The summed E-state index contributed by atoms with van der Waals surface area (Å²) in [6.07, 6.45) is 2.32. The molecule has 2 heterocycles. The van der Waals surface area contributed by atoms with Crippen molar-refractivity contribution in [2.45, 2.75) is 19.4 Å². The second-order valence-electron chi connectivity index (χ2n) is 6.44. The van der Waals surface area contributed by atoms with Crippen LogP contribution in [0.25, 0.3) is 11.0 Å². The van der Waals surface area contributed by atoms with Gasteiger partial charge in [0, 0.05) is 19.6 Å². The van der Waals surface area contributed by atoms with Gasteiger partial charge in [-0.1, -0.05) is 24.3 Å². The number of anilines is 2. The van der Waals surface area contributed by atoms with E-state index in [0.29, 0.717) is 6.54 Å². The first-order valence-corrected chi connectivity index (χ1v) is 8.78. The average Bonchev–Trinajstić information content (AvgIpc) is 3.20. The first kappa shape index (κ1) is 16.3. The van der Waals surface area contributed by atoms with Crippen LogP contribution in [0.15, 0.2) is 48.5 Å². The Morgan fingerprint density at radius 1 is 1.04 bits per heavy atom. The molecular formula is C20H20N4O2. The molecule has 0 amide bonds. The van der Waals surface area contributed by atoms with Crippen LogP contribution in [0.4, 0.5) is 11.6 Å². The Bertz CT molecular complexity index is 951. The van der Waals surface area contributed by atoms with Crippen molar-refractivity contribution in [1.29, 1.82) is 0 Å². The Hall–Kier alpha value is -3.15. The third-order valence-electron chi connectivity index (χ3n) is 4.59. The maximum Gasteiger partial charge on any atom is 0.335 e. The summed E-state index contributed by atoms with van der Waals surface area (Å²) in [5.41, 5.74) is 2.91. The van der Waals surface area contributed by atoms with Gasteiger partial charge in [-0.3, -0.25) is 0 Å². The third-order valence-corrected chi connectivity index (χ3v) is 4.59. The monoisotopic (exact) mass is 348 g/mol. The van der Waals surface area contributed by atoms with Gasteiger partial charge in [-0.15, -0.1) is 0 Å². The number of rotatable bonds is 5. The van der Waals surface area contributed by atoms with E-state index in [4.69, 9.17) is 15.1 Å². The number of carboxylic acid groups (broad SMARTS) is 1. The molecule has 0 unspecified atom stereocenters. The number of para-hydroxylation sites is 2. The second kappa shape index (κ2) is 7.00. The van der Waals surface area contributed by atoms with E-state index in [1.54, 1.807) is 18.2 Å². The summed E-state index contributed by atoms with van der Waals surface area (Å²) in [5.74, 6) is 0.692. The number of aromatic carboxylic acids is 1. The molecule has 3 aromatic rings. The molecule has 26 heavy (non-hydrogen) atoms. The molecule has 1 aliphatic heterocycles. The van der Waals surface area contributed by atoms with Gasteiger partial charge < -0.3 is 15.3 Å². The van der Waals surface area contributed by atoms with Crippen molar-refractivity contribution in [2.75, 3.05) is 23.3 Å². The number of benzene rings is 2. The van der Waals surface area contributed by atoms with Crippen LogP contribution in [0.2, 0.25) is 0 Å². The number of carbonyl (C=O) groups is 1. The summed E-state index contributed by atoms with van der Waals surface area (Å²) in [6, 6.07) is 14.8. The lowest BCUT2D eigenvalue weighted by atomic mass is 10.1. The molecule has 0 radical (unpaired) electrons. The predicted octanol–water partition coefficient (Wildman–Crippen LogP) is 3.54. The van der Waals surface area contributed by atoms with E-state index in [2.05, 4.69) is 10.2 Å². The van der Waals surface area contributed by atoms with Crippen LogP contribution in [-0.4, -0.2) is 34.1 Å². The van der Waals surface area contributed by atoms with Gasteiger partial charge in [0.05, 0.1) is 16.6 Å². The molecule has 1 fully saturated rings. The molecule has 0 atom stereocenters. The van der Waals surface area contributed by atoms with Crippen molar-refractivity contribution in [2.24, 2.45) is 0 Å². The highest BCUT2D eigenvalue weighted by Crippen LogP contribution is 2.28. The minimum absolute atomic E-state index is 0.286. The number of hydrogen-bond acceptors (Lipinski definition) is 5. The first-order chi connectivity index (χ1) is 12.7. The minimum Gasteiger partial charge on any atom is -0.478 e. The summed E-state index contributed by atoms with van der Waals surface area (Å²) in [4.78, 5) is 23.0. The van der Waals surface area contributed by atoms with Crippen LogP contribution in [0, 0.1) is 0 Å². The lowest BCUT2D eigenvalue weighted by Gasteiger charge is -2.20. The standard InChI is InChI=1S/C20H20N4O2/c25-20(26)15-7-5-6-14(12-15)13-21-18-19(24-10-3-4-11-24)23-17-9-2-1-8-16(17)22-18/h1-2,5-9,12H,3-4,10-11,13H2,(H,21,22)(H,25,26). The molecular weight excluding hydrogens is 328 g/mol. The van der Waals surface area contributed by atoms with Crippen molar-refractivity contribution in [3.63, 3.8) is 0 Å². The molecule has 2 N–H and O–H groups in total. The van der Waals surface area contributed by atoms with E-state index in [0.717, 1.165) is 54.2 Å². The maximum absolute atomic E-state index is 11.2. The SMILES string of the molecule is O=C(O)c1cccc(CNc2nc3ccccc3nc2N2CCCC2)c1. The zero-order valence-electron chi connectivity index (χ0n) is 14.4. The van der Waals surface area contributed by atoms with Crippen LogP contribution >= 0.6 is 0 Å². The quantitative estimate of drug-likeness (QED) is 0.734. The van der Waals surface area contributed by atoms with Crippen LogP contribution in [-0.2, 0) is 6.54 Å². The van der Waals surface area contributed by atoms with Crippen molar-refractivity contribution in [3.8, 4) is 0 Å². The van der Waals surface area contributed by atoms with Gasteiger partial charge in [0.25, 0.3) is 0 Å². The van der Waals surface area contributed by atoms with Gasteiger partial charge >= 0.3 is 5.97 Å². The van der Waals surface area contributed by atoms with Crippen molar-refractivity contribution in [1.82, 2.24) is 9.97 Å². The minimum atomic E-state index is -0.921. The molecule has 0 bridgehead atoms. The van der Waals surface area contributed by atoms with E-state index in [-0.39, 0.29) is 5.56 Å². The summed E-state index contributed by atoms with van der Waals surface area (Å²) in [5, 5.41) is 12.5. The zero-order valence-corrected chi connectivity index (χ0v) is 14.4. The number of nitrogens with zero attached hydrogens (tertiary/aromatic N) is 3. The average molecular weight is 348 g/mol. The number of fused-ring (bicyclic) bond motifs is 1. The normalized spacial score (nSPS) is 13.9. The van der Waals surface area contributed by atoms with Gasteiger partial charge in [0.15, 0.2) is 11.6 Å². The van der Waals surface area contributed by atoms with Gasteiger partial charge in [-0.05, 0) is 42.7 Å². The predicted molar refractivity (Wildman–Crippen MR) is 102 cm³/mol. The van der Waals surface area contributed by atoms with Crippen molar-refractivity contribution < 1.29 is 9.90 Å². The van der Waals surface area contributed by atoms with Crippen molar-refractivity contribution >= 4 is 28.6 Å². The lowest BCUT2D eigenvalue weighted by Crippen LogP contribution is -2.21. The van der Waals surface area contributed by atoms with Crippen molar-refractivity contribution in [3.05, 3.63) is 59.7 Å². The summed E-state index contributed by atoms with van der Waals surface area (Å²) >= 11 is 0. The molecule has 0 aliphatic carbocycles. The van der Waals surface area contributed by atoms with E-state index >= 15 is 0 Å². The Morgan fingerprint density at radius 3 is 2.50 bits per heavy atom. The number of carboxylic acids is 1. The lowest BCUT2D eigenvalue weighted by molar-refractivity contribution is 0.0696. The third kappa shape index (κ3) is 3.31. The summed E-state index contributed by atoms with van der Waals surface area (Å²) in [6.45, 7) is 2.46. The van der Waals surface area contributed by atoms with E-state index < -0.39 is 5.97 Å². The number of nitrogens with one attached hydrogen (secondary N) is 1. The fourth-order valence-electron chi connectivity index (χ4n) is 3.26. The van der Waals surface area contributed by atoms with Gasteiger partial charge in [-0.2, -0.15) is 0 Å². The summed E-state index contributed by atoms with van der Waals surface area (Å²) in [7, 11) is 0. The van der Waals surface area contributed by atoms with Crippen LogP contribution in [0.5, 0.6) is 0 Å². The van der Waals surface area contributed by atoms with E-state index in [1.807, 2.05) is 30.3 Å². The molecule has 6 heteroatoms. The first-order valence-electron chi connectivity index (χ1n) is 8.78. The molecule has 6 nitrogen and oxygen atoms in total. The Kier molecular flexibility index (Phi) is 4.39. The molecule has 0 saturated carbocycles. The van der Waals surface area contributed by atoms with Gasteiger partial charge in [-0.25, -0.2) is 14.8 Å². The zero-order chi connectivity index (χ0) is 17.9. The maximum atomic E-state index is 11.2. The van der Waals surface area contributed by atoms with Gasteiger partial charge in [0.1, 0.15) is 0 Å². The molecule has 2 aromatic carbocycles. The summed E-state index contributed by atoms with van der Waals surface area (Å²) < 4.78 is 0. The second-order valence-corrected chi connectivity index (χ2v) is 6.44. The smallest absolute Gasteiger partial charge is 0.335 e. The Morgan fingerprint density at radius 2 is 1.77 bits per heavy atom. The number of hydrogen-bond donors (Lipinski definition) is 2.